The van der Waals surface area contributed by atoms with Gasteiger partial charge in [0.2, 0.25) is 0 Å². The van der Waals surface area contributed by atoms with Gasteiger partial charge in [-0.05, 0) is 17.7 Å². The molecule has 1 aromatic rings. The average molecular weight is 149 g/mol. The van der Waals surface area contributed by atoms with Gasteiger partial charge in [0.1, 0.15) is 6.10 Å². The third-order valence-corrected chi connectivity index (χ3v) is 1.90. The van der Waals surface area contributed by atoms with Crippen molar-refractivity contribution in [2.24, 2.45) is 0 Å². The Morgan fingerprint density at radius 3 is 2.45 bits per heavy atom. The molecule has 1 fully saturated rings. The topological polar surface area (TPSA) is 24.6 Å². The SMILES string of the molecule is CNc1ccc(C2CO2)cc1. The van der Waals surface area contributed by atoms with Crippen LogP contribution >= 0.6 is 0 Å². The molecule has 0 aromatic heterocycles. The highest BCUT2D eigenvalue weighted by molar-refractivity contribution is 5.44. The van der Waals surface area contributed by atoms with Gasteiger partial charge in [-0.15, -0.1) is 0 Å². The average Bonchev–Trinajstić information content (AvgIpc) is 2.87. The van der Waals surface area contributed by atoms with Crippen molar-refractivity contribution >= 4 is 5.69 Å². The molecular weight excluding hydrogens is 138 g/mol. The first-order valence-electron chi connectivity index (χ1n) is 3.79. The molecule has 2 nitrogen and oxygen atoms in total. The standard InChI is InChI=1S/C9H11NO/c1-10-8-4-2-7(3-5-8)9-6-11-9/h2-5,9-10H,6H2,1H3. The van der Waals surface area contributed by atoms with E-state index in [1.807, 2.05) is 7.05 Å². The Morgan fingerprint density at radius 2 is 2.00 bits per heavy atom. The summed E-state index contributed by atoms with van der Waals surface area (Å²) in [5, 5.41) is 3.07. The molecule has 0 amide bonds. The van der Waals surface area contributed by atoms with Crippen LogP contribution < -0.4 is 5.32 Å². The van der Waals surface area contributed by atoms with Gasteiger partial charge in [0.05, 0.1) is 6.61 Å². The first-order valence-corrected chi connectivity index (χ1v) is 3.79. The highest BCUT2D eigenvalue weighted by Crippen LogP contribution is 2.29. The fourth-order valence-electron chi connectivity index (χ4n) is 1.10. The van der Waals surface area contributed by atoms with Gasteiger partial charge in [0, 0.05) is 12.7 Å². The molecule has 2 heteroatoms. The smallest absolute Gasteiger partial charge is 0.106 e. The molecule has 0 aliphatic carbocycles. The van der Waals surface area contributed by atoms with Crippen molar-refractivity contribution in [2.45, 2.75) is 6.10 Å². The molecule has 1 unspecified atom stereocenters. The van der Waals surface area contributed by atoms with Crippen molar-refractivity contribution in [3.63, 3.8) is 0 Å². The van der Waals surface area contributed by atoms with Crippen LogP contribution in [0.1, 0.15) is 11.7 Å². The van der Waals surface area contributed by atoms with E-state index in [1.165, 1.54) is 5.56 Å². The van der Waals surface area contributed by atoms with Crippen LogP contribution in [0.3, 0.4) is 0 Å². The Morgan fingerprint density at radius 1 is 1.36 bits per heavy atom. The van der Waals surface area contributed by atoms with Gasteiger partial charge in [0.25, 0.3) is 0 Å². The highest BCUT2D eigenvalue weighted by Gasteiger charge is 2.23. The molecule has 0 bridgehead atoms. The van der Waals surface area contributed by atoms with Crippen LogP contribution in [0.2, 0.25) is 0 Å². The van der Waals surface area contributed by atoms with Crippen LogP contribution in [-0.4, -0.2) is 13.7 Å². The molecule has 0 radical (unpaired) electrons. The monoisotopic (exact) mass is 149 g/mol. The number of hydrogen-bond donors (Lipinski definition) is 1. The first-order chi connectivity index (χ1) is 5.40. The Bertz CT molecular complexity index is 238. The second-order valence-corrected chi connectivity index (χ2v) is 2.69. The van der Waals surface area contributed by atoms with Gasteiger partial charge in [-0.3, -0.25) is 0 Å². The van der Waals surface area contributed by atoms with Crippen molar-refractivity contribution in [3.05, 3.63) is 29.8 Å². The summed E-state index contributed by atoms with van der Waals surface area (Å²) in [5.41, 5.74) is 2.43. The summed E-state index contributed by atoms with van der Waals surface area (Å²) in [6.45, 7) is 0.888. The maximum Gasteiger partial charge on any atom is 0.106 e. The number of hydrogen-bond acceptors (Lipinski definition) is 2. The molecule has 58 valence electrons. The van der Waals surface area contributed by atoms with E-state index in [2.05, 4.69) is 29.6 Å². The van der Waals surface area contributed by atoms with Gasteiger partial charge in [-0.25, -0.2) is 0 Å². The lowest BCUT2D eigenvalue weighted by Crippen LogP contribution is -1.87. The molecule has 1 heterocycles. The minimum atomic E-state index is 0.376. The van der Waals surface area contributed by atoms with E-state index < -0.39 is 0 Å². The Hall–Kier alpha value is -1.02. The van der Waals surface area contributed by atoms with Crippen molar-refractivity contribution in [2.75, 3.05) is 19.0 Å². The summed E-state index contributed by atoms with van der Waals surface area (Å²) in [6.07, 6.45) is 0.376. The number of anilines is 1. The van der Waals surface area contributed by atoms with E-state index in [-0.39, 0.29) is 0 Å². The number of epoxide rings is 1. The van der Waals surface area contributed by atoms with Crippen molar-refractivity contribution in [1.82, 2.24) is 0 Å². The second kappa shape index (κ2) is 2.55. The predicted octanol–water partition coefficient (Wildman–Crippen LogP) is 1.80. The Labute approximate surface area is 66.2 Å². The molecule has 1 aliphatic rings. The highest BCUT2D eigenvalue weighted by atomic mass is 16.6. The molecule has 2 rings (SSSR count). The van der Waals surface area contributed by atoms with Crippen LogP contribution in [0.15, 0.2) is 24.3 Å². The third-order valence-electron chi connectivity index (χ3n) is 1.90. The van der Waals surface area contributed by atoms with E-state index in [0.29, 0.717) is 6.10 Å². The van der Waals surface area contributed by atoms with Gasteiger partial charge < -0.3 is 10.1 Å². The van der Waals surface area contributed by atoms with Gasteiger partial charge >= 0.3 is 0 Å². The molecular formula is C9H11NO. The lowest BCUT2D eigenvalue weighted by Gasteiger charge is -1.99. The maximum absolute atomic E-state index is 5.15. The zero-order valence-electron chi connectivity index (χ0n) is 6.50. The number of nitrogens with one attached hydrogen (secondary N) is 1. The summed E-state index contributed by atoms with van der Waals surface area (Å²) in [7, 11) is 1.92. The summed E-state index contributed by atoms with van der Waals surface area (Å²) in [5.74, 6) is 0. The summed E-state index contributed by atoms with van der Waals surface area (Å²) >= 11 is 0. The predicted molar refractivity (Wildman–Crippen MR) is 44.7 cm³/mol. The lowest BCUT2D eigenvalue weighted by atomic mass is 10.1. The number of rotatable bonds is 2. The Kier molecular flexibility index (Phi) is 1.55. The minimum absolute atomic E-state index is 0.376. The zero-order chi connectivity index (χ0) is 7.68. The number of ether oxygens (including phenoxy) is 1. The molecule has 1 atom stereocenters. The fourth-order valence-corrected chi connectivity index (χ4v) is 1.10. The Balaban J connectivity index is 2.19. The molecule has 0 saturated carbocycles. The minimum Gasteiger partial charge on any atom is -0.388 e. The van der Waals surface area contributed by atoms with Gasteiger partial charge in [-0.1, -0.05) is 12.1 Å². The van der Waals surface area contributed by atoms with Crippen molar-refractivity contribution in [3.8, 4) is 0 Å². The zero-order valence-corrected chi connectivity index (χ0v) is 6.50. The normalized spacial score (nSPS) is 21.4. The lowest BCUT2D eigenvalue weighted by molar-refractivity contribution is 0.415. The summed E-state index contributed by atoms with van der Waals surface area (Å²) in [4.78, 5) is 0. The van der Waals surface area contributed by atoms with E-state index in [4.69, 9.17) is 4.74 Å². The second-order valence-electron chi connectivity index (χ2n) is 2.69. The van der Waals surface area contributed by atoms with Crippen LogP contribution in [0, 0.1) is 0 Å². The quantitative estimate of drug-likeness (QED) is 0.648. The van der Waals surface area contributed by atoms with Crippen LogP contribution in [-0.2, 0) is 4.74 Å². The van der Waals surface area contributed by atoms with E-state index in [1.54, 1.807) is 0 Å². The summed E-state index contributed by atoms with van der Waals surface area (Å²) < 4.78 is 5.15. The molecule has 11 heavy (non-hydrogen) atoms. The van der Waals surface area contributed by atoms with Crippen LogP contribution in [0.5, 0.6) is 0 Å². The molecule has 1 aromatic carbocycles. The fraction of sp³-hybridized carbons (Fsp3) is 0.333. The molecule has 1 aliphatic heterocycles. The van der Waals surface area contributed by atoms with Crippen LogP contribution in [0.4, 0.5) is 5.69 Å². The summed E-state index contributed by atoms with van der Waals surface area (Å²) in [6, 6.07) is 8.33. The van der Waals surface area contributed by atoms with E-state index in [9.17, 15) is 0 Å². The van der Waals surface area contributed by atoms with E-state index in [0.717, 1.165) is 12.3 Å². The number of benzene rings is 1. The van der Waals surface area contributed by atoms with Crippen molar-refractivity contribution < 1.29 is 4.74 Å². The molecule has 1 saturated heterocycles. The first kappa shape index (κ1) is 6.68. The largest absolute Gasteiger partial charge is 0.388 e. The maximum atomic E-state index is 5.15. The molecule has 1 N–H and O–H groups in total. The van der Waals surface area contributed by atoms with Gasteiger partial charge in [-0.2, -0.15) is 0 Å². The van der Waals surface area contributed by atoms with E-state index >= 15 is 0 Å². The van der Waals surface area contributed by atoms with Crippen LogP contribution in [0.25, 0.3) is 0 Å². The van der Waals surface area contributed by atoms with Crippen molar-refractivity contribution in [1.29, 1.82) is 0 Å². The third kappa shape index (κ3) is 1.35. The van der Waals surface area contributed by atoms with Gasteiger partial charge in [0.15, 0.2) is 0 Å². The molecule has 0 spiro atoms.